The highest BCUT2D eigenvalue weighted by Gasteiger charge is 2.46. The molecule has 1 fully saturated rings. The average Bonchev–Trinajstić information content (AvgIpc) is 3.20. The second-order valence-electron chi connectivity index (χ2n) is 6.72. The Labute approximate surface area is 141 Å². The summed E-state index contributed by atoms with van der Waals surface area (Å²) in [6.07, 6.45) is 2.51. The average molecular weight is 323 g/mol. The molecule has 0 radical (unpaired) electrons. The minimum absolute atomic E-state index is 0.0256. The van der Waals surface area contributed by atoms with E-state index in [4.69, 9.17) is 4.74 Å². The molecule has 1 atom stereocenters. The zero-order valence-corrected chi connectivity index (χ0v) is 14.0. The zero-order valence-electron chi connectivity index (χ0n) is 14.0. The van der Waals surface area contributed by atoms with Gasteiger partial charge in [-0.25, -0.2) is 4.98 Å². The Morgan fingerprint density at radius 3 is 2.83 bits per heavy atom. The maximum absolute atomic E-state index is 12.8. The minimum Gasteiger partial charge on any atom is -0.364 e. The first-order valence-electron chi connectivity index (χ1n) is 8.24. The smallest absolute Gasteiger partial charge is 0.255 e. The van der Waals surface area contributed by atoms with Crippen LogP contribution in [0.25, 0.3) is 0 Å². The van der Waals surface area contributed by atoms with Crippen molar-refractivity contribution in [3.05, 3.63) is 59.3 Å². The molecule has 0 aliphatic carbocycles. The number of carbonyl (C=O) groups excluding carboxylic acids is 1. The summed E-state index contributed by atoms with van der Waals surface area (Å²) in [5, 5.41) is 0. The lowest BCUT2D eigenvalue weighted by Gasteiger charge is -2.24. The number of fused-ring (bicyclic) bond motifs is 2. The van der Waals surface area contributed by atoms with E-state index in [0.29, 0.717) is 25.3 Å². The summed E-state index contributed by atoms with van der Waals surface area (Å²) in [5.41, 5.74) is 2.78. The molecule has 2 aromatic rings. The fourth-order valence-corrected chi connectivity index (χ4v) is 3.64. The third kappa shape index (κ3) is 2.36. The van der Waals surface area contributed by atoms with Gasteiger partial charge in [0.1, 0.15) is 11.4 Å². The molecule has 1 aromatic heterocycles. The summed E-state index contributed by atoms with van der Waals surface area (Å²) < 4.78 is 6.12. The number of benzene rings is 1. The Bertz CT molecular complexity index is 772. The quantitative estimate of drug-likeness (QED) is 0.851. The summed E-state index contributed by atoms with van der Waals surface area (Å²) >= 11 is 0. The van der Waals surface area contributed by atoms with Gasteiger partial charge in [-0.2, -0.15) is 0 Å². The van der Waals surface area contributed by atoms with Crippen LogP contribution >= 0.6 is 0 Å². The Hall–Kier alpha value is -2.40. The van der Waals surface area contributed by atoms with Crippen LogP contribution in [0.2, 0.25) is 0 Å². The van der Waals surface area contributed by atoms with Gasteiger partial charge in [-0.05, 0) is 29.7 Å². The Balaban J connectivity index is 1.54. The molecule has 24 heavy (non-hydrogen) atoms. The molecular weight excluding hydrogens is 302 g/mol. The second kappa shape index (κ2) is 5.60. The van der Waals surface area contributed by atoms with E-state index in [2.05, 4.69) is 17.1 Å². The van der Waals surface area contributed by atoms with E-state index in [0.717, 1.165) is 12.2 Å². The number of hydrogen-bond donors (Lipinski definition) is 0. The molecule has 0 saturated carbocycles. The number of amides is 1. The fraction of sp³-hybridized carbons (Fsp3) is 0.368. The Morgan fingerprint density at radius 2 is 2.08 bits per heavy atom. The van der Waals surface area contributed by atoms with Crippen LogP contribution in [0.15, 0.2) is 42.6 Å². The molecule has 5 heteroatoms. The van der Waals surface area contributed by atoms with Crippen LogP contribution in [0.4, 0.5) is 5.82 Å². The van der Waals surface area contributed by atoms with Crippen LogP contribution in [0.3, 0.4) is 0 Å². The van der Waals surface area contributed by atoms with Gasteiger partial charge in [0, 0.05) is 26.8 Å². The number of hydrogen-bond acceptors (Lipinski definition) is 4. The molecule has 1 unspecified atom stereocenters. The molecule has 1 aromatic carbocycles. The van der Waals surface area contributed by atoms with Gasteiger partial charge in [-0.3, -0.25) is 4.79 Å². The highest BCUT2D eigenvalue weighted by molar-refractivity contribution is 5.94. The molecule has 0 N–H and O–H groups in total. The summed E-state index contributed by atoms with van der Waals surface area (Å²) in [6.45, 7) is 1.96. The lowest BCUT2D eigenvalue weighted by Crippen LogP contribution is -2.34. The number of rotatable bonds is 2. The summed E-state index contributed by atoms with van der Waals surface area (Å²) in [6, 6.07) is 12.0. The van der Waals surface area contributed by atoms with Crippen LogP contribution in [-0.4, -0.2) is 43.0 Å². The normalized spacial score (nSPS) is 22.0. The lowest BCUT2D eigenvalue weighted by molar-refractivity contribution is -0.0283. The van der Waals surface area contributed by atoms with Gasteiger partial charge in [0.25, 0.3) is 5.91 Å². The fourth-order valence-electron chi connectivity index (χ4n) is 3.64. The summed E-state index contributed by atoms with van der Waals surface area (Å²) in [7, 11) is 3.87. The van der Waals surface area contributed by atoms with Crippen LogP contribution in [0.1, 0.15) is 27.9 Å². The molecule has 1 spiro atoms. The van der Waals surface area contributed by atoms with Gasteiger partial charge in [0.15, 0.2) is 0 Å². The molecule has 0 bridgehead atoms. The van der Waals surface area contributed by atoms with Gasteiger partial charge < -0.3 is 14.5 Å². The van der Waals surface area contributed by atoms with Crippen molar-refractivity contribution in [3.63, 3.8) is 0 Å². The van der Waals surface area contributed by atoms with Gasteiger partial charge in [0.05, 0.1) is 18.7 Å². The van der Waals surface area contributed by atoms with E-state index in [1.807, 2.05) is 48.2 Å². The van der Waals surface area contributed by atoms with Crippen molar-refractivity contribution in [1.29, 1.82) is 0 Å². The number of aromatic nitrogens is 1. The summed E-state index contributed by atoms with van der Waals surface area (Å²) in [4.78, 5) is 20.9. The van der Waals surface area contributed by atoms with Crippen LogP contribution < -0.4 is 4.90 Å². The van der Waals surface area contributed by atoms with E-state index in [9.17, 15) is 4.79 Å². The number of anilines is 1. The maximum atomic E-state index is 12.8. The van der Waals surface area contributed by atoms with Crippen LogP contribution in [0.5, 0.6) is 0 Å². The van der Waals surface area contributed by atoms with Gasteiger partial charge in [-0.15, -0.1) is 0 Å². The molecular formula is C19H21N3O2. The number of pyridine rings is 1. The number of ether oxygens (including phenoxy) is 1. The van der Waals surface area contributed by atoms with E-state index >= 15 is 0 Å². The maximum Gasteiger partial charge on any atom is 0.255 e. The van der Waals surface area contributed by atoms with Crippen molar-refractivity contribution < 1.29 is 9.53 Å². The standard InChI is InChI=1S/C19H21N3O2/c1-21(2)17-8-7-14(11-20-17)18(23)22-10-9-19(13-22)16-6-4-3-5-15(16)12-24-19/h3-8,11H,9-10,12-13H2,1-2H3. The second-order valence-corrected chi connectivity index (χ2v) is 6.72. The molecule has 4 rings (SSSR count). The van der Waals surface area contributed by atoms with Gasteiger partial charge >= 0.3 is 0 Å². The number of nitrogens with zero attached hydrogens (tertiary/aromatic N) is 3. The molecule has 5 nitrogen and oxygen atoms in total. The highest BCUT2D eigenvalue weighted by atomic mass is 16.5. The minimum atomic E-state index is -0.330. The van der Waals surface area contributed by atoms with Crippen LogP contribution in [-0.2, 0) is 16.9 Å². The lowest BCUT2D eigenvalue weighted by atomic mass is 9.92. The Morgan fingerprint density at radius 1 is 1.25 bits per heavy atom. The van der Waals surface area contributed by atoms with E-state index < -0.39 is 0 Å². The van der Waals surface area contributed by atoms with Crippen molar-refractivity contribution in [2.75, 3.05) is 32.1 Å². The molecule has 124 valence electrons. The highest BCUT2D eigenvalue weighted by Crippen LogP contribution is 2.43. The molecule has 2 aliphatic rings. The van der Waals surface area contributed by atoms with Crippen molar-refractivity contribution >= 4 is 11.7 Å². The van der Waals surface area contributed by atoms with E-state index in [1.165, 1.54) is 11.1 Å². The van der Waals surface area contributed by atoms with Crippen molar-refractivity contribution in [3.8, 4) is 0 Å². The number of carbonyl (C=O) groups is 1. The summed E-state index contributed by atoms with van der Waals surface area (Å²) in [5.74, 6) is 0.871. The van der Waals surface area contributed by atoms with Gasteiger partial charge in [-0.1, -0.05) is 24.3 Å². The molecule has 1 amide bonds. The van der Waals surface area contributed by atoms with Gasteiger partial charge in [0.2, 0.25) is 0 Å². The molecule has 1 saturated heterocycles. The zero-order chi connectivity index (χ0) is 16.7. The Kier molecular flexibility index (Phi) is 3.53. The molecule has 3 heterocycles. The third-order valence-corrected chi connectivity index (χ3v) is 4.98. The predicted octanol–water partition coefficient (Wildman–Crippen LogP) is 2.42. The first kappa shape index (κ1) is 15.1. The van der Waals surface area contributed by atoms with Crippen molar-refractivity contribution in [2.45, 2.75) is 18.6 Å². The third-order valence-electron chi connectivity index (χ3n) is 4.98. The number of likely N-dealkylation sites (tertiary alicyclic amines) is 1. The van der Waals surface area contributed by atoms with E-state index in [1.54, 1.807) is 6.20 Å². The van der Waals surface area contributed by atoms with E-state index in [-0.39, 0.29) is 11.5 Å². The predicted molar refractivity (Wildman–Crippen MR) is 92.0 cm³/mol. The first-order valence-corrected chi connectivity index (χ1v) is 8.24. The van der Waals surface area contributed by atoms with Crippen LogP contribution in [0, 0.1) is 0 Å². The first-order chi connectivity index (χ1) is 11.6. The van der Waals surface area contributed by atoms with Crippen molar-refractivity contribution in [2.24, 2.45) is 0 Å². The SMILES string of the molecule is CN(C)c1ccc(C(=O)N2CCC3(C2)OCc2ccccc23)cn1. The topological polar surface area (TPSA) is 45.7 Å². The molecule has 2 aliphatic heterocycles. The van der Waals surface area contributed by atoms with Crippen molar-refractivity contribution in [1.82, 2.24) is 9.88 Å². The monoisotopic (exact) mass is 323 g/mol. The largest absolute Gasteiger partial charge is 0.364 e.